The predicted molar refractivity (Wildman–Crippen MR) is 310 cm³/mol. The minimum Gasteiger partial charge on any atom is -0.508 e. The first kappa shape index (κ1) is 63.9. The van der Waals surface area contributed by atoms with Gasteiger partial charge in [0.05, 0.1) is 24.3 Å². The number of nitrogens with zero attached hydrogens (tertiary/aromatic N) is 4. The SMILES string of the molecule is C=CC(=O)N1CC[C@H](C(=O)N(C)[C@H](C(=O)N[C@H]2Cc3cc(O)cc(c3)-c3ccc4c(c3)c(c(-c3cc(C)ccc3[C@H](C)OC)n4CC)CC(C)(C)COC(=O)[C@@H]3CCCN(N3)C2=O)C(C)C)C1.S.S.S.S.S. The zero-order chi connectivity index (χ0) is 48.5. The molecule has 4 heterocycles. The Hall–Kier alpha value is -4.24. The molecular formula is C53H78N6O8S5. The molecule has 0 unspecified atom stereocenters. The van der Waals surface area contributed by atoms with Gasteiger partial charge in [0, 0.05) is 68.6 Å². The van der Waals surface area contributed by atoms with E-state index in [1.54, 1.807) is 31.2 Å². The van der Waals surface area contributed by atoms with Crippen LogP contribution < -0.4 is 10.7 Å². The fourth-order valence-electron chi connectivity index (χ4n) is 10.3. The Balaban J connectivity index is 0.00000355. The molecule has 0 saturated carbocycles. The fraction of sp³-hybridized carbons (Fsp3) is 0.491. The van der Waals surface area contributed by atoms with Crippen LogP contribution in [0, 0.1) is 24.2 Å². The molecule has 0 spiro atoms. The minimum absolute atomic E-state index is 0. The number of hydrogen-bond donors (Lipinski definition) is 3. The largest absolute Gasteiger partial charge is 0.508 e. The number of amides is 4. The lowest BCUT2D eigenvalue weighted by atomic mass is 9.83. The lowest BCUT2D eigenvalue weighted by Crippen LogP contribution is -2.62. The number of phenols is 1. The molecule has 6 bridgehead atoms. The lowest BCUT2D eigenvalue weighted by Gasteiger charge is -2.37. The number of hydrazine groups is 1. The first-order valence-electron chi connectivity index (χ1n) is 23.7. The van der Waals surface area contributed by atoms with E-state index in [2.05, 4.69) is 86.8 Å². The topological polar surface area (TPSA) is 163 Å². The van der Waals surface area contributed by atoms with Crippen LogP contribution in [0.15, 0.2) is 67.3 Å². The Labute approximate surface area is 460 Å². The molecule has 14 nitrogen and oxygen atoms in total. The third kappa shape index (κ3) is 13.7. The summed E-state index contributed by atoms with van der Waals surface area (Å²) in [5.74, 6) is -2.83. The van der Waals surface area contributed by atoms with Crippen LogP contribution in [0.4, 0.5) is 0 Å². The Morgan fingerprint density at radius 1 is 0.986 bits per heavy atom. The Kier molecular flexibility index (Phi) is 23.8. The normalized spacial score (nSPS) is 19.4. The molecule has 19 heteroatoms. The summed E-state index contributed by atoms with van der Waals surface area (Å²) in [6.07, 6.45) is 3.03. The van der Waals surface area contributed by atoms with Crippen molar-refractivity contribution in [1.82, 2.24) is 30.1 Å². The number of carbonyl (C=O) groups is 5. The molecule has 7 rings (SSSR count). The smallest absolute Gasteiger partial charge is 0.324 e. The molecule has 1 aromatic heterocycles. The van der Waals surface area contributed by atoms with E-state index < -0.39 is 47.2 Å². The van der Waals surface area contributed by atoms with E-state index in [0.717, 1.165) is 50.0 Å². The number of benzene rings is 3. The van der Waals surface area contributed by atoms with Gasteiger partial charge >= 0.3 is 5.97 Å². The fourth-order valence-corrected chi connectivity index (χ4v) is 10.3. The number of hydrogen-bond acceptors (Lipinski definition) is 9. The second-order valence-corrected chi connectivity index (χ2v) is 19.8. The molecule has 2 saturated heterocycles. The van der Waals surface area contributed by atoms with Crippen LogP contribution in [-0.2, 0) is 52.8 Å². The maximum atomic E-state index is 14.7. The molecule has 4 aromatic rings. The van der Waals surface area contributed by atoms with E-state index in [-0.39, 0.29) is 123 Å². The standard InChI is InChI=1S/C53H68N6O8.5H2S/c1-11-46(61)57-21-19-36(29-57)50(63)56(9)47(31(3)4)49(62)54-44-25-34-23-37(26-38(60)24-34)35-16-18-45-40(27-35)42(48(58(45)12-2)41-22-32(5)15-17-39(41)33(6)66-10)28-53(7,8)30-67-52(65)43-14-13-20-59(55-43)51(44)64;;;;;/h11,15-18,22-24,26-27,31,33,36,43-44,47,55,60H,1,12-14,19-21,25,28-30H2,2-10H3,(H,54,62);5*1H2/t33-,36-,43-,44-,47-;;;;;/m0...../s1. The van der Waals surface area contributed by atoms with Crippen molar-refractivity contribution in [1.29, 1.82) is 0 Å². The van der Waals surface area contributed by atoms with Crippen LogP contribution in [0.1, 0.15) is 89.2 Å². The Bertz CT molecular complexity index is 2590. The molecular weight excluding hydrogens is 1010 g/mol. The number of rotatable bonds is 10. The molecule has 5 atom stereocenters. The molecule has 0 radical (unpaired) electrons. The lowest BCUT2D eigenvalue weighted by molar-refractivity contribution is -0.155. The Morgan fingerprint density at radius 2 is 1.69 bits per heavy atom. The number of nitrogens with one attached hydrogen (secondary N) is 2. The summed E-state index contributed by atoms with van der Waals surface area (Å²) in [4.78, 5) is 72.5. The number of aryl methyl sites for hydroxylation is 2. The number of aromatic hydroxyl groups is 1. The summed E-state index contributed by atoms with van der Waals surface area (Å²) in [6.45, 7) is 19.4. The van der Waals surface area contributed by atoms with E-state index >= 15 is 0 Å². The second kappa shape index (κ2) is 26.8. The number of fused-ring (bicyclic) bond motifs is 6. The highest BCUT2D eigenvalue weighted by Gasteiger charge is 2.40. The molecule has 3 aliphatic rings. The number of likely N-dealkylation sites (N-methyl/N-ethyl adjacent to an activating group) is 1. The van der Waals surface area contributed by atoms with Gasteiger partial charge in [0.25, 0.3) is 5.91 Å². The van der Waals surface area contributed by atoms with Gasteiger partial charge in [-0.1, -0.05) is 64.1 Å². The molecule has 3 aliphatic heterocycles. The van der Waals surface area contributed by atoms with Crippen LogP contribution >= 0.6 is 67.5 Å². The average molecular weight is 1090 g/mol. The molecule has 72 heavy (non-hydrogen) atoms. The summed E-state index contributed by atoms with van der Waals surface area (Å²) in [5, 5.41) is 16.8. The van der Waals surface area contributed by atoms with E-state index in [1.165, 1.54) is 16.0 Å². The maximum absolute atomic E-state index is 14.7. The van der Waals surface area contributed by atoms with Gasteiger partial charge in [-0.15, -0.1) is 0 Å². The molecule has 4 amide bonds. The van der Waals surface area contributed by atoms with Crippen molar-refractivity contribution in [2.45, 2.75) is 111 Å². The van der Waals surface area contributed by atoms with Crippen molar-refractivity contribution in [2.75, 3.05) is 40.4 Å². The predicted octanol–water partition coefficient (Wildman–Crippen LogP) is 7.45. The Morgan fingerprint density at radius 3 is 2.35 bits per heavy atom. The van der Waals surface area contributed by atoms with Crippen molar-refractivity contribution < 1.29 is 38.6 Å². The van der Waals surface area contributed by atoms with Gasteiger partial charge in [0.15, 0.2) is 0 Å². The number of carbonyl (C=O) groups excluding carboxylic acids is 5. The van der Waals surface area contributed by atoms with Gasteiger partial charge in [-0.3, -0.25) is 29.0 Å². The third-order valence-corrected chi connectivity index (χ3v) is 13.8. The van der Waals surface area contributed by atoms with Crippen LogP contribution in [0.5, 0.6) is 5.75 Å². The van der Waals surface area contributed by atoms with Gasteiger partial charge in [-0.25, -0.2) is 5.43 Å². The number of methoxy groups -OCH3 is 1. The van der Waals surface area contributed by atoms with E-state index in [9.17, 15) is 29.1 Å². The van der Waals surface area contributed by atoms with E-state index in [1.807, 2.05) is 26.0 Å². The highest BCUT2D eigenvalue weighted by molar-refractivity contribution is 7.60. The molecule has 3 aromatic carbocycles. The summed E-state index contributed by atoms with van der Waals surface area (Å²) in [7, 11) is 3.30. The quantitative estimate of drug-likeness (QED) is 0.108. The van der Waals surface area contributed by atoms with Crippen molar-refractivity contribution in [3.05, 3.63) is 89.5 Å². The number of cyclic esters (lactones) is 1. The summed E-state index contributed by atoms with van der Waals surface area (Å²) in [6, 6.07) is 15.1. The number of esters is 1. The van der Waals surface area contributed by atoms with Gasteiger partial charge in [-0.2, -0.15) is 67.5 Å². The minimum atomic E-state index is -1.16. The van der Waals surface area contributed by atoms with Gasteiger partial charge in [0.2, 0.25) is 17.7 Å². The number of likely N-dealkylation sites (tertiary alicyclic amines) is 1. The highest BCUT2D eigenvalue weighted by atomic mass is 32.1. The summed E-state index contributed by atoms with van der Waals surface area (Å²) in [5.41, 5.74) is 11.2. The van der Waals surface area contributed by atoms with Crippen LogP contribution in [0.2, 0.25) is 0 Å². The zero-order valence-electron chi connectivity index (χ0n) is 43.1. The van der Waals surface area contributed by atoms with Crippen LogP contribution in [0.3, 0.4) is 0 Å². The second-order valence-electron chi connectivity index (χ2n) is 19.8. The summed E-state index contributed by atoms with van der Waals surface area (Å²) < 4.78 is 14.4. The first-order valence-corrected chi connectivity index (χ1v) is 23.7. The van der Waals surface area contributed by atoms with Crippen molar-refractivity contribution in [3.63, 3.8) is 0 Å². The highest BCUT2D eigenvalue weighted by Crippen LogP contribution is 2.43. The number of aromatic nitrogens is 1. The van der Waals surface area contributed by atoms with Gasteiger partial charge in [-0.05, 0) is 117 Å². The number of ether oxygens (including phenoxy) is 2. The summed E-state index contributed by atoms with van der Waals surface area (Å²) >= 11 is 0. The van der Waals surface area contributed by atoms with E-state index in [0.29, 0.717) is 44.3 Å². The molecule has 3 N–H and O–H groups in total. The van der Waals surface area contributed by atoms with Crippen molar-refractivity contribution >= 4 is 108 Å². The van der Waals surface area contributed by atoms with E-state index in [4.69, 9.17) is 9.47 Å². The zero-order valence-corrected chi connectivity index (χ0v) is 48.1. The van der Waals surface area contributed by atoms with Gasteiger partial charge in [0.1, 0.15) is 23.9 Å². The monoisotopic (exact) mass is 1090 g/mol. The maximum Gasteiger partial charge on any atom is 0.324 e. The van der Waals surface area contributed by atoms with Gasteiger partial charge < -0.3 is 34.3 Å². The molecule has 0 aliphatic carbocycles. The van der Waals surface area contributed by atoms with Crippen LogP contribution in [-0.4, -0.2) is 113 Å². The van der Waals surface area contributed by atoms with Crippen molar-refractivity contribution in [2.24, 2.45) is 17.3 Å². The van der Waals surface area contributed by atoms with Crippen LogP contribution in [0.25, 0.3) is 33.3 Å². The molecule has 2 fully saturated rings. The third-order valence-electron chi connectivity index (χ3n) is 13.8. The first-order chi connectivity index (χ1) is 31.8. The molecule has 398 valence electrons. The van der Waals surface area contributed by atoms with Crippen molar-refractivity contribution in [3.8, 4) is 28.1 Å². The average Bonchev–Trinajstić information content (AvgIpc) is 3.92. The number of phenolic OH excluding ortho intramolecular Hbond substituents is 1.